The van der Waals surface area contributed by atoms with Crippen LogP contribution < -0.4 is 0 Å². The van der Waals surface area contributed by atoms with Crippen LogP contribution in [-0.4, -0.2) is 29.1 Å². The molecule has 4 aromatic heterocycles. The van der Waals surface area contributed by atoms with Crippen molar-refractivity contribution in [1.82, 2.24) is 29.1 Å². The number of imidazole rings is 1. The van der Waals surface area contributed by atoms with Crippen molar-refractivity contribution in [3.63, 3.8) is 0 Å². The molecule has 0 saturated heterocycles. The predicted octanol–water partition coefficient (Wildman–Crippen LogP) is 13.3. The minimum Gasteiger partial charge on any atom is -0.292 e. The van der Waals surface area contributed by atoms with E-state index in [4.69, 9.17) is 19.9 Å². The van der Waals surface area contributed by atoms with E-state index in [1.54, 1.807) is 11.3 Å². The largest absolute Gasteiger partial charge is 0.292 e. The van der Waals surface area contributed by atoms with Crippen molar-refractivity contribution in [3.8, 4) is 56.9 Å². The SMILES string of the molecule is c1ccc(-c2cc(-c3nc4ccccc4n3-c3ccccc3)c3sc4c(-c5nc(-c6ccccc6)nc(-n6c7ccccc7c7ccccc76)n5)cccc4c3c2)cc1. The van der Waals surface area contributed by atoms with Crippen LogP contribution in [0.2, 0.25) is 0 Å². The molecule has 12 rings (SSSR count). The van der Waals surface area contributed by atoms with Crippen molar-refractivity contribution in [1.29, 1.82) is 0 Å². The molecule has 0 aliphatic heterocycles. The summed E-state index contributed by atoms with van der Waals surface area (Å²) < 4.78 is 6.72. The second-order valence-electron chi connectivity index (χ2n) is 14.7. The first-order valence-corrected chi connectivity index (χ1v) is 20.5. The molecule has 0 N–H and O–H groups in total. The van der Waals surface area contributed by atoms with Gasteiger partial charge in [-0.15, -0.1) is 11.3 Å². The number of rotatable bonds is 6. The maximum absolute atomic E-state index is 5.36. The third kappa shape index (κ3) is 5.40. The molecule has 0 bridgehead atoms. The van der Waals surface area contributed by atoms with E-state index in [0.29, 0.717) is 17.6 Å². The van der Waals surface area contributed by atoms with Crippen LogP contribution in [0.25, 0.3) is 110 Å². The Bertz CT molecular complexity index is 3500. The number of hydrogen-bond acceptors (Lipinski definition) is 5. The van der Waals surface area contributed by atoms with Crippen LogP contribution >= 0.6 is 11.3 Å². The number of nitrogens with zero attached hydrogens (tertiary/aromatic N) is 6. The summed E-state index contributed by atoms with van der Waals surface area (Å²) in [5.41, 5.74) is 10.4. The Kier molecular flexibility index (Phi) is 7.61. The first kappa shape index (κ1) is 33.4. The molecule has 12 aromatic rings. The smallest absolute Gasteiger partial charge is 0.238 e. The summed E-state index contributed by atoms with van der Waals surface area (Å²) in [5, 5.41) is 4.61. The minimum atomic E-state index is 0.577. The zero-order chi connectivity index (χ0) is 38.9. The lowest BCUT2D eigenvalue weighted by atomic mass is 9.98. The lowest BCUT2D eigenvalue weighted by Crippen LogP contribution is -2.06. The molecule has 0 fully saturated rings. The third-order valence-electron chi connectivity index (χ3n) is 11.2. The quantitative estimate of drug-likeness (QED) is 0.169. The molecule has 0 aliphatic rings. The fraction of sp³-hybridized carbons (Fsp3) is 0. The summed E-state index contributed by atoms with van der Waals surface area (Å²) in [7, 11) is 0. The zero-order valence-electron chi connectivity index (χ0n) is 31.6. The van der Waals surface area contributed by atoms with Gasteiger partial charge in [0, 0.05) is 53.3 Å². The lowest BCUT2D eigenvalue weighted by Gasteiger charge is -2.12. The summed E-state index contributed by atoms with van der Waals surface area (Å²) in [6.45, 7) is 0. The van der Waals surface area contributed by atoms with Gasteiger partial charge < -0.3 is 0 Å². The molecule has 0 aliphatic carbocycles. The summed E-state index contributed by atoms with van der Waals surface area (Å²) >= 11 is 1.77. The van der Waals surface area contributed by atoms with E-state index in [9.17, 15) is 0 Å². The van der Waals surface area contributed by atoms with E-state index in [-0.39, 0.29) is 0 Å². The highest BCUT2D eigenvalue weighted by atomic mass is 32.1. The van der Waals surface area contributed by atoms with Crippen LogP contribution in [0.1, 0.15) is 0 Å². The number of thiophene rings is 1. The van der Waals surface area contributed by atoms with Crippen molar-refractivity contribution in [2.45, 2.75) is 0 Å². The molecule has 4 heterocycles. The Morgan fingerprint density at radius 1 is 0.356 bits per heavy atom. The number of para-hydroxylation sites is 5. The molecule has 59 heavy (non-hydrogen) atoms. The van der Waals surface area contributed by atoms with Gasteiger partial charge in [-0.1, -0.05) is 140 Å². The van der Waals surface area contributed by atoms with Crippen molar-refractivity contribution in [2.75, 3.05) is 0 Å². The minimum absolute atomic E-state index is 0.577. The Morgan fingerprint density at radius 3 is 1.66 bits per heavy atom. The zero-order valence-corrected chi connectivity index (χ0v) is 32.4. The van der Waals surface area contributed by atoms with Gasteiger partial charge in [-0.3, -0.25) is 9.13 Å². The van der Waals surface area contributed by atoms with Gasteiger partial charge in [0.25, 0.3) is 0 Å². The highest BCUT2D eigenvalue weighted by Crippen LogP contribution is 2.46. The molecule has 0 atom stereocenters. The molecule has 0 unspecified atom stereocenters. The van der Waals surface area contributed by atoms with Gasteiger partial charge in [-0.2, -0.15) is 9.97 Å². The molecule has 7 heteroatoms. The topological polar surface area (TPSA) is 61.4 Å². The number of hydrogen-bond donors (Lipinski definition) is 0. The van der Waals surface area contributed by atoms with E-state index >= 15 is 0 Å². The van der Waals surface area contributed by atoms with Gasteiger partial charge in [0.15, 0.2) is 11.6 Å². The molecule has 0 saturated carbocycles. The standard InChI is InChI=1S/C52H32N6S/c1-4-17-33(18-5-1)35-31-41-39-25-16-26-40(47(39)59-48(41)42(32-35)51-53-43-27-12-15-30-46(43)57(51)36-21-8-3-9-22-36)50-54-49(34-19-6-2-7-20-34)55-52(56-50)58-44-28-13-10-23-37(44)38-24-11-14-29-45(38)58/h1-32H. The monoisotopic (exact) mass is 772 g/mol. The summed E-state index contributed by atoms with van der Waals surface area (Å²) in [6.07, 6.45) is 0. The average Bonchev–Trinajstić information content (AvgIpc) is 3.99. The molecule has 8 aromatic carbocycles. The van der Waals surface area contributed by atoms with E-state index in [2.05, 4.69) is 185 Å². The van der Waals surface area contributed by atoms with Crippen LogP contribution in [0.5, 0.6) is 0 Å². The van der Waals surface area contributed by atoms with Crippen molar-refractivity contribution in [2.24, 2.45) is 0 Å². The van der Waals surface area contributed by atoms with Crippen molar-refractivity contribution >= 4 is 64.3 Å². The Balaban J connectivity index is 1.15. The first-order chi connectivity index (χ1) is 29.3. The van der Waals surface area contributed by atoms with Crippen LogP contribution in [0.4, 0.5) is 0 Å². The van der Waals surface area contributed by atoms with Gasteiger partial charge in [0.1, 0.15) is 5.82 Å². The van der Waals surface area contributed by atoms with Gasteiger partial charge in [0.2, 0.25) is 5.95 Å². The van der Waals surface area contributed by atoms with E-state index in [0.717, 1.165) is 92.3 Å². The van der Waals surface area contributed by atoms with E-state index < -0.39 is 0 Å². The van der Waals surface area contributed by atoms with Crippen molar-refractivity contribution < 1.29 is 0 Å². The van der Waals surface area contributed by atoms with Gasteiger partial charge in [0.05, 0.1) is 22.1 Å². The first-order valence-electron chi connectivity index (χ1n) is 19.7. The highest BCUT2D eigenvalue weighted by Gasteiger charge is 2.23. The maximum atomic E-state index is 5.36. The second kappa shape index (κ2) is 13.4. The fourth-order valence-corrected chi connectivity index (χ4v) is 9.82. The Morgan fingerprint density at radius 2 is 0.932 bits per heavy atom. The van der Waals surface area contributed by atoms with Crippen molar-refractivity contribution in [3.05, 3.63) is 194 Å². The van der Waals surface area contributed by atoms with Crippen LogP contribution in [0.3, 0.4) is 0 Å². The number of fused-ring (bicyclic) bond motifs is 7. The molecule has 0 spiro atoms. The third-order valence-corrected chi connectivity index (χ3v) is 12.5. The van der Waals surface area contributed by atoms with Gasteiger partial charge in [-0.25, -0.2) is 9.97 Å². The summed E-state index contributed by atoms with van der Waals surface area (Å²) in [6, 6.07) is 67.8. The molecule has 0 amide bonds. The van der Waals surface area contributed by atoms with Crippen LogP contribution in [0.15, 0.2) is 194 Å². The molecular formula is C52H32N6S. The van der Waals surface area contributed by atoms with Gasteiger partial charge in [-0.05, 0) is 65.7 Å². The fourth-order valence-electron chi connectivity index (χ4n) is 8.52. The molecule has 6 nitrogen and oxygen atoms in total. The van der Waals surface area contributed by atoms with Gasteiger partial charge >= 0.3 is 0 Å². The Hall–Kier alpha value is -7.74. The van der Waals surface area contributed by atoms with E-state index in [1.807, 2.05) is 18.2 Å². The second-order valence-corrected chi connectivity index (χ2v) is 15.7. The molecule has 276 valence electrons. The molecule has 0 radical (unpaired) electrons. The highest BCUT2D eigenvalue weighted by molar-refractivity contribution is 7.26. The maximum Gasteiger partial charge on any atom is 0.238 e. The lowest BCUT2D eigenvalue weighted by molar-refractivity contribution is 0.954. The molecular weight excluding hydrogens is 741 g/mol. The normalized spacial score (nSPS) is 11.7. The summed E-state index contributed by atoms with van der Waals surface area (Å²) in [5.74, 6) is 2.71. The van der Waals surface area contributed by atoms with E-state index in [1.165, 1.54) is 0 Å². The number of aromatic nitrogens is 6. The average molecular weight is 773 g/mol. The van der Waals surface area contributed by atoms with Crippen LogP contribution in [-0.2, 0) is 0 Å². The predicted molar refractivity (Wildman–Crippen MR) is 243 cm³/mol. The Labute approximate surface area is 343 Å². The summed E-state index contributed by atoms with van der Waals surface area (Å²) in [4.78, 5) is 21.1. The van der Waals surface area contributed by atoms with Crippen LogP contribution in [0, 0.1) is 0 Å². The number of benzene rings is 8.